The number of anilines is 1. The Balaban J connectivity index is 1.91. The number of benzene rings is 1. The molecule has 26 heavy (non-hydrogen) atoms. The zero-order chi connectivity index (χ0) is 18.5. The molecule has 0 spiro atoms. The fourth-order valence-corrected chi connectivity index (χ4v) is 4.73. The van der Waals surface area contributed by atoms with E-state index in [4.69, 9.17) is 5.73 Å². The lowest BCUT2D eigenvalue weighted by atomic mass is 10.1. The largest absolute Gasteiger partial charge is 0.383 e. The number of fused-ring (bicyclic) bond motifs is 2. The maximum absolute atomic E-state index is 12.4. The molecule has 10 heteroatoms. The Bertz CT molecular complexity index is 1270. The lowest BCUT2D eigenvalue weighted by Crippen LogP contribution is -2.17. The number of rotatable bonds is 3. The summed E-state index contributed by atoms with van der Waals surface area (Å²) in [5, 5.41) is 4.03. The lowest BCUT2D eigenvalue weighted by molar-refractivity contribution is 0.594. The van der Waals surface area contributed by atoms with Crippen LogP contribution in [0.2, 0.25) is 0 Å². The average molecular weight is 387 g/mol. The molecule has 1 aliphatic rings. The van der Waals surface area contributed by atoms with Crippen LogP contribution in [0, 0.1) is 0 Å². The van der Waals surface area contributed by atoms with Gasteiger partial charge >= 0.3 is 0 Å². The predicted octanol–water partition coefficient (Wildman–Crippen LogP) is 1.78. The summed E-state index contributed by atoms with van der Waals surface area (Å²) in [7, 11) is -3.51. The Morgan fingerprint density at radius 1 is 1.31 bits per heavy atom. The molecule has 0 amide bonds. The number of hydrogen-bond donors (Lipinski definition) is 1. The van der Waals surface area contributed by atoms with Crippen molar-refractivity contribution in [2.45, 2.75) is 11.3 Å². The Morgan fingerprint density at radius 2 is 2.08 bits per heavy atom. The SMILES string of the molecule is CCS(=O)(=O)c1nn2c(N)c(C=C3C=Nc4ccccc43)c(=O)nc2s1. The van der Waals surface area contributed by atoms with E-state index in [0.29, 0.717) is 0 Å². The fourth-order valence-electron chi connectivity index (χ4n) is 2.56. The topological polar surface area (TPSA) is 120 Å². The smallest absolute Gasteiger partial charge is 0.283 e. The van der Waals surface area contributed by atoms with Crippen molar-refractivity contribution in [3.8, 4) is 0 Å². The lowest BCUT2D eigenvalue weighted by Gasteiger charge is -2.03. The van der Waals surface area contributed by atoms with Crippen LogP contribution in [-0.4, -0.2) is 35.0 Å². The van der Waals surface area contributed by atoms with Gasteiger partial charge < -0.3 is 5.73 Å². The third kappa shape index (κ3) is 2.54. The van der Waals surface area contributed by atoms with Gasteiger partial charge in [0.1, 0.15) is 5.82 Å². The van der Waals surface area contributed by atoms with Gasteiger partial charge in [-0.05, 0) is 12.1 Å². The van der Waals surface area contributed by atoms with E-state index in [0.717, 1.165) is 28.2 Å². The summed E-state index contributed by atoms with van der Waals surface area (Å²) in [4.78, 5) is 20.8. The van der Waals surface area contributed by atoms with Crippen LogP contribution >= 0.6 is 11.3 Å². The van der Waals surface area contributed by atoms with Crippen LogP contribution in [0.15, 0.2) is 38.4 Å². The van der Waals surface area contributed by atoms with Gasteiger partial charge in [0.25, 0.3) is 5.56 Å². The van der Waals surface area contributed by atoms with E-state index in [-0.39, 0.29) is 26.4 Å². The molecule has 0 unspecified atom stereocenters. The molecule has 2 aromatic heterocycles. The number of nitrogen functional groups attached to an aromatic ring is 1. The second kappa shape index (κ2) is 5.85. The highest BCUT2D eigenvalue weighted by molar-refractivity contribution is 7.93. The molecule has 3 heterocycles. The summed E-state index contributed by atoms with van der Waals surface area (Å²) < 4.78 is 25.1. The normalized spacial score (nSPS) is 15.0. The molecule has 0 saturated carbocycles. The summed E-state index contributed by atoms with van der Waals surface area (Å²) >= 11 is 0.823. The second-order valence-corrected chi connectivity index (χ2v) is 8.96. The van der Waals surface area contributed by atoms with Crippen molar-refractivity contribution < 1.29 is 8.42 Å². The van der Waals surface area contributed by atoms with Crippen molar-refractivity contribution in [2.24, 2.45) is 4.99 Å². The first kappa shape index (κ1) is 16.6. The minimum Gasteiger partial charge on any atom is -0.383 e. The third-order valence-corrected chi connectivity index (χ3v) is 7.07. The third-order valence-electron chi connectivity index (χ3n) is 3.98. The van der Waals surface area contributed by atoms with Crippen LogP contribution < -0.4 is 11.3 Å². The van der Waals surface area contributed by atoms with Gasteiger partial charge in [0, 0.05) is 17.4 Å². The Morgan fingerprint density at radius 3 is 2.85 bits per heavy atom. The molecule has 0 atom stereocenters. The van der Waals surface area contributed by atoms with E-state index < -0.39 is 15.4 Å². The molecule has 4 rings (SSSR count). The van der Waals surface area contributed by atoms with E-state index in [1.54, 1.807) is 12.3 Å². The van der Waals surface area contributed by atoms with Crippen LogP contribution in [0.4, 0.5) is 11.5 Å². The molecule has 1 aromatic carbocycles. The number of hydrogen-bond acceptors (Lipinski definition) is 8. The molecule has 1 aliphatic heterocycles. The highest BCUT2D eigenvalue weighted by Crippen LogP contribution is 2.32. The average Bonchev–Trinajstić information content (AvgIpc) is 3.23. The zero-order valence-electron chi connectivity index (χ0n) is 13.6. The van der Waals surface area contributed by atoms with E-state index in [1.165, 1.54) is 11.4 Å². The second-order valence-electron chi connectivity index (χ2n) is 5.56. The molecule has 0 saturated heterocycles. The van der Waals surface area contributed by atoms with E-state index in [9.17, 15) is 13.2 Å². The molecular formula is C16H13N5O3S2. The van der Waals surface area contributed by atoms with Gasteiger partial charge in [-0.1, -0.05) is 36.5 Å². The number of nitrogens with zero attached hydrogens (tertiary/aromatic N) is 4. The first-order valence-electron chi connectivity index (χ1n) is 7.68. The molecule has 2 N–H and O–H groups in total. The van der Waals surface area contributed by atoms with Crippen LogP contribution in [-0.2, 0) is 9.84 Å². The Labute approximate surface area is 152 Å². The number of para-hydroxylation sites is 1. The minimum absolute atomic E-state index is 0.0408. The molecule has 0 aliphatic carbocycles. The van der Waals surface area contributed by atoms with Crippen LogP contribution in [0.1, 0.15) is 18.1 Å². The van der Waals surface area contributed by atoms with Crippen molar-refractivity contribution in [3.63, 3.8) is 0 Å². The fraction of sp³-hybridized carbons (Fsp3) is 0.125. The van der Waals surface area contributed by atoms with Gasteiger partial charge in [-0.3, -0.25) is 9.79 Å². The first-order valence-corrected chi connectivity index (χ1v) is 10.1. The Kier molecular flexibility index (Phi) is 3.74. The summed E-state index contributed by atoms with van der Waals surface area (Å²) in [5.74, 6) is -0.0547. The number of allylic oxidation sites excluding steroid dienone is 1. The molecule has 0 bridgehead atoms. The summed E-state index contributed by atoms with van der Waals surface area (Å²) in [6.07, 6.45) is 3.24. The Hall–Kier alpha value is -2.85. The molecule has 8 nitrogen and oxygen atoms in total. The summed E-state index contributed by atoms with van der Waals surface area (Å²) in [6.45, 7) is 1.52. The molecule has 132 valence electrons. The zero-order valence-corrected chi connectivity index (χ0v) is 15.2. The molecule has 3 aromatic rings. The van der Waals surface area contributed by atoms with Gasteiger partial charge in [-0.15, -0.1) is 5.10 Å². The van der Waals surface area contributed by atoms with Crippen LogP contribution in [0.3, 0.4) is 0 Å². The van der Waals surface area contributed by atoms with Crippen molar-refractivity contribution in [1.82, 2.24) is 14.6 Å². The van der Waals surface area contributed by atoms with Gasteiger partial charge in [0.15, 0.2) is 0 Å². The van der Waals surface area contributed by atoms with Crippen molar-refractivity contribution in [2.75, 3.05) is 11.5 Å². The molecule has 0 radical (unpaired) electrons. The van der Waals surface area contributed by atoms with Gasteiger partial charge in [0.05, 0.1) is 17.0 Å². The van der Waals surface area contributed by atoms with Crippen LogP contribution in [0.25, 0.3) is 16.6 Å². The number of aliphatic imine (C=N–C) groups is 1. The van der Waals surface area contributed by atoms with Crippen molar-refractivity contribution in [1.29, 1.82) is 0 Å². The maximum Gasteiger partial charge on any atom is 0.283 e. The number of nitrogens with two attached hydrogens (primary N) is 1. The highest BCUT2D eigenvalue weighted by atomic mass is 32.2. The van der Waals surface area contributed by atoms with Gasteiger partial charge in [0.2, 0.25) is 19.1 Å². The quantitative estimate of drug-likeness (QED) is 0.731. The standard InChI is InChI=1S/C16H13N5O3S2/c1-2-26(23,24)16-20-21-13(17)11(14(22)19-15(21)25-16)7-9-8-18-12-6-4-3-5-10(9)12/h3-8H,2,17H2,1H3. The number of aromatic nitrogens is 3. The maximum atomic E-state index is 12.4. The predicted molar refractivity (Wildman–Crippen MR) is 102 cm³/mol. The summed E-state index contributed by atoms with van der Waals surface area (Å²) in [5.41, 5.74) is 8.11. The molecule has 0 fully saturated rings. The van der Waals surface area contributed by atoms with E-state index in [1.807, 2.05) is 24.3 Å². The van der Waals surface area contributed by atoms with E-state index in [2.05, 4.69) is 15.1 Å². The minimum atomic E-state index is -3.51. The van der Waals surface area contributed by atoms with Crippen molar-refractivity contribution >= 4 is 55.5 Å². The van der Waals surface area contributed by atoms with Gasteiger partial charge in [-0.2, -0.15) is 9.50 Å². The first-order chi connectivity index (χ1) is 12.4. The molecular weight excluding hydrogens is 374 g/mol. The summed E-state index contributed by atoms with van der Waals surface area (Å²) in [6, 6.07) is 7.51. The van der Waals surface area contributed by atoms with E-state index >= 15 is 0 Å². The highest BCUT2D eigenvalue weighted by Gasteiger charge is 2.21. The van der Waals surface area contributed by atoms with Crippen LogP contribution in [0.5, 0.6) is 0 Å². The number of sulfone groups is 1. The van der Waals surface area contributed by atoms with Gasteiger partial charge in [-0.25, -0.2) is 8.42 Å². The van der Waals surface area contributed by atoms with Crippen molar-refractivity contribution in [3.05, 3.63) is 45.7 Å². The monoisotopic (exact) mass is 387 g/mol.